The van der Waals surface area contributed by atoms with Gasteiger partial charge in [-0.25, -0.2) is 4.39 Å². The first-order valence-electron chi connectivity index (χ1n) is 10.9. The predicted octanol–water partition coefficient (Wildman–Crippen LogP) is 4.27. The number of nitrogens with one attached hydrogen (secondary N) is 1. The van der Waals surface area contributed by atoms with Gasteiger partial charge in [0.15, 0.2) is 0 Å². The Labute approximate surface area is 182 Å². The molecule has 1 saturated carbocycles. The van der Waals surface area contributed by atoms with Crippen LogP contribution in [-0.4, -0.2) is 60.4 Å². The molecular weight excluding hydrogens is 405 g/mol. The highest BCUT2D eigenvalue weighted by Crippen LogP contribution is 2.34. The largest absolute Gasteiger partial charge is 0.374 e. The molecule has 2 aliphatic rings. The van der Waals surface area contributed by atoms with Crippen LogP contribution in [0.5, 0.6) is 0 Å². The fraction of sp³-hybridized carbons (Fsp3) is 0.609. The predicted molar refractivity (Wildman–Crippen MR) is 118 cm³/mol. The second kappa shape index (κ2) is 8.85. The molecule has 2 heterocycles. The lowest BCUT2D eigenvalue weighted by Gasteiger charge is -2.31. The van der Waals surface area contributed by atoms with Gasteiger partial charge in [-0.05, 0) is 57.7 Å². The quantitative estimate of drug-likeness (QED) is 0.762. The Kier molecular flexibility index (Phi) is 6.37. The third kappa shape index (κ3) is 4.82. The SMILES string of the molecule is CN1CCOC(Cn2cc(C(=O)NCC3CCC(C)(F)CC3)c3c(Cl)cccc32)C1. The van der Waals surface area contributed by atoms with Gasteiger partial charge in [-0.3, -0.25) is 4.79 Å². The van der Waals surface area contributed by atoms with Crippen molar-refractivity contribution in [3.8, 4) is 0 Å². The van der Waals surface area contributed by atoms with Gasteiger partial charge in [-0.1, -0.05) is 17.7 Å². The summed E-state index contributed by atoms with van der Waals surface area (Å²) in [5.41, 5.74) is 0.470. The average molecular weight is 436 g/mol. The van der Waals surface area contributed by atoms with Gasteiger partial charge in [0.25, 0.3) is 5.91 Å². The van der Waals surface area contributed by atoms with E-state index in [0.717, 1.165) is 36.8 Å². The summed E-state index contributed by atoms with van der Waals surface area (Å²) in [5, 5.41) is 4.42. The van der Waals surface area contributed by atoms with Crippen molar-refractivity contribution in [3.63, 3.8) is 0 Å². The first-order valence-corrected chi connectivity index (χ1v) is 11.2. The number of morpholine rings is 1. The van der Waals surface area contributed by atoms with E-state index in [1.54, 1.807) is 6.92 Å². The van der Waals surface area contributed by atoms with E-state index in [2.05, 4.69) is 21.8 Å². The van der Waals surface area contributed by atoms with Gasteiger partial charge >= 0.3 is 0 Å². The third-order valence-electron chi connectivity index (χ3n) is 6.54. The molecule has 0 bridgehead atoms. The summed E-state index contributed by atoms with van der Waals surface area (Å²) in [4.78, 5) is 15.3. The summed E-state index contributed by atoms with van der Waals surface area (Å²) < 4.78 is 22.0. The number of ether oxygens (including phenoxy) is 1. The van der Waals surface area contributed by atoms with E-state index in [1.165, 1.54) is 0 Å². The molecule has 1 aromatic heterocycles. The van der Waals surface area contributed by atoms with Gasteiger partial charge in [0.05, 0.1) is 35.4 Å². The normalized spacial score (nSPS) is 28.0. The molecule has 0 spiro atoms. The molecule has 1 aromatic carbocycles. The molecule has 1 aliphatic heterocycles. The van der Waals surface area contributed by atoms with Crippen molar-refractivity contribution in [3.05, 3.63) is 35.0 Å². The molecule has 1 N–H and O–H groups in total. The molecule has 2 aromatic rings. The lowest BCUT2D eigenvalue weighted by molar-refractivity contribution is -0.0269. The van der Waals surface area contributed by atoms with E-state index in [9.17, 15) is 9.18 Å². The smallest absolute Gasteiger partial charge is 0.253 e. The van der Waals surface area contributed by atoms with Crippen molar-refractivity contribution in [2.45, 2.75) is 50.9 Å². The Bertz CT molecular complexity index is 903. The fourth-order valence-corrected chi connectivity index (χ4v) is 4.92. The third-order valence-corrected chi connectivity index (χ3v) is 6.86. The first kappa shape index (κ1) is 21.6. The zero-order chi connectivity index (χ0) is 21.3. The lowest BCUT2D eigenvalue weighted by Crippen LogP contribution is -2.41. The number of hydrogen-bond donors (Lipinski definition) is 1. The topological polar surface area (TPSA) is 46.5 Å². The van der Waals surface area contributed by atoms with Gasteiger partial charge in [0, 0.05) is 31.2 Å². The molecule has 2 fully saturated rings. The molecule has 4 rings (SSSR count). The summed E-state index contributed by atoms with van der Waals surface area (Å²) >= 11 is 6.49. The average Bonchev–Trinajstić information content (AvgIpc) is 3.07. The molecule has 1 aliphatic carbocycles. The summed E-state index contributed by atoms with van der Waals surface area (Å²) in [7, 11) is 2.09. The number of halogens is 2. The fourth-order valence-electron chi connectivity index (χ4n) is 4.64. The maximum Gasteiger partial charge on any atom is 0.253 e. The molecule has 1 unspecified atom stereocenters. The van der Waals surface area contributed by atoms with Crippen LogP contribution in [-0.2, 0) is 11.3 Å². The molecule has 7 heteroatoms. The maximum absolute atomic E-state index is 14.0. The van der Waals surface area contributed by atoms with Gasteiger partial charge in [0.1, 0.15) is 5.67 Å². The second-order valence-corrected chi connectivity index (χ2v) is 9.56. The molecule has 30 heavy (non-hydrogen) atoms. The molecule has 1 amide bonds. The molecule has 1 saturated heterocycles. The number of rotatable bonds is 5. The van der Waals surface area contributed by atoms with E-state index in [4.69, 9.17) is 16.3 Å². The zero-order valence-electron chi connectivity index (χ0n) is 17.8. The zero-order valence-corrected chi connectivity index (χ0v) is 18.6. The van der Waals surface area contributed by atoms with Crippen LogP contribution in [0.1, 0.15) is 43.0 Å². The summed E-state index contributed by atoms with van der Waals surface area (Å²) in [6.45, 7) is 5.43. The highest BCUT2D eigenvalue weighted by Gasteiger charge is 2.31. The van der Waals surface area contributed by atoms with Crippen LogP contribution >= 0.6 is 11.6 Å². The number of aromatic nitrogens is 1. The van der Waals surface area contributed by atoms with Crippen molar-refractivity contribution in [2.75, 3.05) is 33.3 Å². The van der Waals surface area contributed by atoms with Gasteiger partial charge < -0.3 is 19.5 Å². The number of alkyl halides is 1. The van der Waals surface area contributed by atoms with Gasteiger partial charge in [0.2, 0.25) is 0 Å². The number of carbonyl (C=O) groups is 1. The van der Waals surface area contributed by atoms with Crippen molar-refractivity contribution in [1.29, 1.82) is 0 Å². The van der Waals surface area contributed by atoms with Crippen LogP contribution in [0.25, 0.3) is 10.9 Å². The Morgan fingerprint density at radius 3 is 2.87 bits per heavy atom. The number of nitrogens with zero attached hydrogens (tertiary/aromatic N) is 2. The minimum atomic E-state index is -1.06. The highest BCUT2D eigenvalue weighted by molar-refractivity contribution is 6.36. The molecule has 0 radical (unpaired) electrons. The highest BCUT2D eigenvalue weighted by atomic mass is 35.5. The van der Waals surface area contributed by atoms with E-state index in [-0.39, 0.29) is 12.0 Å². The van der Waals surface area contributed by atoms with Crippen LogP contribution in [0.3, 0.4) is 0 Å². The van der Waals surface area contributed by atoms with E-state index >= 15 is 0 Å². The van der Waals surface area contributed by atoms with Crippen molar-refractivity contribution in [1.82, 2.24) is 14.8 Å². The lowest BCUT2D eigenvalue weighted by atomic mass is 9.81. The van der Waals surface area contributed by atoms with Crippen LogP contribution in [0.15, 0.2) is 24.4 Å². The van der Waals surface area contributed by atoms with E-state index < -0.39 is 5.67 Å². The van der Waals surface area contributed by atoms with Gasteiger partial charge in [-0.15, -0.1) is 0 Å². The minimum absolute atomic E-state index is 0.0755. The molecular formula is C23H31ClFN3O2. The van der Waals surface area contributed by atoms with Crippen LogP contribution in [0, 0.1) is 5.92 Å². The Hall–Kier alpha value is -1.63. The van der Waals surface area contributed by atoms with Crippen LogP contribution in [0.2, 0.25) is 5.02 Å². The number of amides is 1. The minimum Gasteiger partial charge on any atom is -0.374 e. The summed E-state index contributed by atoms with van der Waals surface area (Å²) in [6.07, 6.45) is 4.71. The van der Waals surface area contributed by atoms with Crippen LogP contribution < -0.4 is 5.32 Å². The van der Waals surface area contributed by atoms with Crippen molar-refractivity contribution in [2.24, 2.45) is 5.92 Å². The second-order valence-electron chi connectivity index (χ2n) is 9.15. The number of benzene rings is 1. The summed E-state index contributed by atoms with van der Waals surface area (Å²) in [5.74, 6) is 0.204. The number of hydrogen-bond acceptors (Lipinski definition) is 3. The van der Waals surface area contributed by atoms with Crippen molar-refractivity contribution >= 4 is 28.4 Å². The van der Waals surface area contributed by atoms with Gasteiger partial charge in [-0.2, -0.15) is 0 Å². The Morgan fingerprint density at radius 2 is 2.13 bits per heavy atom. The number of likely N-dealkylation sites (N-methyl/N-ethyl adjacent to an activating group) is 1. The standard InChI is InChI=1S/C23H31ClFN3O2/c1-23(25)8-6-16(7-9-23)12-26-22(29)18-15-28(14-17-13-27(2)10-11-30-17)20-5-3-4-19(24)21(18)20/h3-5,15-17H,6-14H2,1-2H3,(H,26,29). The Morgan fingerprint density at radius 1 is 1.37 bits per heavy atom. The molecule has 1 atom stereocenters. The van der Waals surface area contributed by atoms with Crippen molar-refractivity contribution < 1.29 is 13.9 Å². The maximum atomic E-state index is 14.0. The molecule has 5 nitrogen and oxygen atoms in total. The monoisotopic (exact) mass is 435 g/mol. The van der Waals surface area contributed by atoms with E-state index in [0.29, 0.717) is 49.0 Å². The number of carbonyl (C=O) groups excluding carboxylic acids is 1. The Balaban J connectivity index is 1.49. The first-order chi connectivity index (χ1) is 14.3. The van der Waals surface area contributed by atoms with Crippen LogP contribution in [0.4, 0.5) is 4.39 Å². The van der Waals surface area contributed by atoms with E-state index in [1.807, 2.05) is 24.4 Å². The summed E-state index contributed by atoms with van der Waals surface area (Å²) in [6, 6.07) is 5.72. The molecule has 164 valence electrons. The number of fused-ring (bicyclic) bond motifs is 1.